The molecule has 0 saturated carbocycles. The van der Waals surface area contributed by atoms with Gasteiger partial charge in [-0.25, -0.2) is 43.9 Å². The Hall–Kier alpha value is -4.18. The lowest BCUT2D eigenvalue weighted by molar-refractivity contribution is 0.0818. The molecular weight excluding hydrogens is 606 g/mol. The SMILES string of the molecule is O=C1C(=O)c2sc(C(=O)c3c(F)c(F)c(F)c(F)c3F)c(C(=O)c3c(F)c(F)c(F)c(F)c3F)c2-c2sccc21. The number of hydrogen-bond acceptors (Lipinski definition) is 6. The van der Waals surface area contributed by atoms with Crippen molar-refractivity contribution >= 4 is 45.8 Å². The van der Waals surface area contributed by atoms with Crippen molar-refractivity contribution < 1.29 is 63.1 Å². The van der Waals surface area contributed by atoms with Crippen molar-refractivity contribution in [3.8, 4) is 10.4 Å². The number of halogens is 10. The van der Waals surface area contributed by atoms with E-state index in [0.717, 1.165) is 6.07 Å². The van der Waals surface area contributed by atoms with Crippen LogP contribution in [0.25, 0.3) is 10.4 Å². The monoisotopic (exact) mass is 608 g/mol. The first-order valence-electron chi connectivity index (χ1n) is 10.2. The molecule has 4 nitrogen and oxygen atoms in total. The summed E-state index contributed by atoms with van der Waals surface area (Å²) in [6.07, 6.45) is 0. The molecule has 40 heavy (non-hydrogen) atoms. The molecule has 2 aromatic heterocycles. The minimum absolute atomic E-state index is 0.189. The van der Waals surface area contributed by atoms with Crippen LogP contribution in [-0.2, 0) is 0 Å². The molecule has 0 aliphatic heterocycles. The van der Waals surface area contributed by atoms with E-state index in [-0.39, 0.29) is 16.2 Å². The fourth-order valence-electron chi connectivity index (χ4n) is 3.94. The van der Waals surface area contributed by atoms with Crippen molar-refractivity contribution in [3.63, 3.8) is 0 Å². The van der Waals surface area contributed by atoms with Gasteiger partial charge in [0.2, 0.25) is 34.8 Å². The van der Waals surface area contributed by atoms with Gasteiger partial charge in [0, 0.05) is 16.0 Å². The van der Waals surface area contributed by atoms with Crippen LogP contribution in [0.15, 0.2) is 11.4 Å². The molecule has 0 fully saturated rings. The molecule has 0 unspecified atom stereocenters. The Labute approximate surface area is 221 Å². The molecule has 0 saturated heterocycles. The van der Waals surface area contributed by atoms with Crippen LogP contribution >= 0.6 is 22.7 Å². The Bertz CT molecular complexity index is 1830. The maximum Gasteiger partial charge on any atom is 0.244 e. The number of fused-ring (bicyclic) bond motifs is 3. The van der Waals surface area contributed by atoms with Gasteiger partial charge in [-0.1, -0.05) is 0 Å². The molecule has 0 N–H and O–H groups in total. The van der Waals surface area contributed by atoms with Crippen LogP contribution in [0.2, 0.25) is 0 Å². The molecule has 0 spiro atoms. The predicted octanol–water partition coefficient (Wildman–Crippen LogP) is 6.71. The summed E-state index contributed by atoms with van der Waals surface area (Å²) in [4.78, 5) is 49.3. The van der Waals surface area contributed by atoms with Gasteiger partial charge in [-0.05, 0) is 11.4 Å². The smallest absolute Gasteiger partial charge is 0.244 e. The lowest BCUT2D eigenvalue weighted by atomic mass is 9.88. The van der Waals surface area contributed by atoms with Gasteiger partial charge in [0.1, 0.15) is 11.1 Å². The molecule has 204 valence electrons. The Morgan fingerprint density at radius 1 is 0.525 bits per heavy atom. The number of Topliss-reactive ketones (excluding diaryl/α,β-unsaturated/α-hetero) is 2. The summed E-state index contributed by atoms with van der Waals surface area (Å²) < 4.78 is 141. The van der Waals surface area contributed by atoms with E-state index in [0.29, 0.717) is 11.3 Å². The van der Waals surface area contributed by atoms with Gasteiger partial charge in [0.25, 0.3) is 0 Å². The van der Waals surface area contributed by atoms with Crippen molar-refractivity contribution in [1.82, 2.24) is 0 Å². The summed E-state index contributed by atoms with van der Waals surface area (Å²) in [6, 6.07) is 1.05. The minimum atomic E-state index is -2.68. The van der Waals surface area contributed by atoms with Gasteiger partial charge in [0.05, 0.1) is 15.3 Å². The topological polar surface area (TPSA) is 68.3 Å². The fourth-order valence-corrected chi connectivity index (χ4v) is 6.14. The first-order valence-corrected chi connectivity index (χ1v) is 11.9. The Morgan fingerprint density at radius 2 is 0.950 bits per heavy atom. The number of carbonyl (C=O) groups excluding carboxylic acids is 4. The van der Waals surface area contributed by atoms with E-state index in [1.165, 1.54) is 5.38 Å². The maximum atomic E-state index is 14.6. The van der Waals surface area contributed by atoms with E-state index in [1.807, 2.05) is 0 Å². The van der Waals surface area contributed by atoms with Crippen LogP contribution in [0, 0.1) is 58.2 Å². The van der Waals surface area contributed by atoms with Crippen LogP contribution in [0.4, 0.5) is 43.9 Å². The molecule has 0 radical (unpaired) electrons. The molecule has 5 rings (SSSR count). The highest BCUT2D eigenvalue weighted by Crippen LogP contribution is 2.47. The highest BCUT2D eigenvalue weighted by Gasteiger charge is 2.43. The van der Waals surface area contributed by atoms with Gasteiger partial charge in [-0.2, -0.15) is 0 Å². The van der Waals surface area contributed by atoms with Gasteiger partial charge >= 0.3 is 0 Å². The zero-order chi connectivity index (χ0) is 29.5. The van der Waals surface area contributed by atoms with Crippen molar-refractivity contribution in [1.29, 1.82) is 0 Å². The lowest BCUT2D eigenvalue weighted by Crippen LogP contribution is -2.20. The summed E-state index contributed by atoms with van der Waals surface area (Å²) in [7, 11) is 0. The molecular formula is C24H2F10O4S2. The van der Waals surface area contributed by atoms with Crippen LogP contribution in [0.1, 0.15) is 51.2 Å². The average Bonchev–Trinajstić information content (AvgIpc) is 3.57. The lowest BCUT2D eigenvalue weighted by Gasteiger charge is -2.13. The summed E-state index contributed by atoms with van der Waals surface area (Å²) in [5.41, 5.74) is -6.86. The van der Waals surface area contributed by atoms with Crippen molar-refractivity contribution in [2.24, 2.45) is 0 Å². The number of carbonyl (C=O) groups is 4. The quantitative estimate of drug-likeness (QED) is 0.0850. The normalized spacial score (nSPS) is 12.6. The van der Waals surface area contributed by atoms with E-state index in [4.69, 9.17) is 0 Å². The number of thiophene rings is 2. The van der Waals surface area contributed by atoms with E-state index in [2.05, 4.69) is 0 Å². The summed E-state index contributed by atoms with van der Waals surface area (Å²) in [6.45, 7) is 0. The molecule has 1 aliphatic carbocycles. The number of benzene rings is 2. The summed E-state index contributed by atoms with van der Waals surface area (Å²) in [5.74, 6) is -33.5. The van der Waals surface area contributed by atoms with Crippen LogP contribution in [0.3, 0.4) is 0 Å². The average molecular weight is 608 g/mol. The zero-order valence-corrected chi connectivity index (χ0v) is 20.0. The third-order valence-corrected chi connectivity index (χ3v) is 7.88. The highest BCUT2D eigenvalue weighted by atomic mass is 32.1. The molecule has 4 aromatic rings. The maximum absolute atomic E-state index is 14.6. The predicted molar refractivity (Wildman–Crippen MR) is 116 cm³/mol. The van der Waals surface area contributed by atoms with Crippen molar-refractivity contribution in [2.45, 2.75) is 0 Å². The Kier molecular flexibility index (Phi) is 6.29. The second-order valence-electron chi connectivity index (χ2n) is 7.88. The largest absolute Gasteiger partial charge is 0.288 e. The number of ketones is 4. The minimum Gasteiger partial charge on any atom is -0.288 e. The molecule has 0 bridgehead atoms. The van der Waals surface area contributed by atoms with Crippen LogP contribution < -0.4 is 0 Å². The van der Waals surface area contributed by atoms with E-state index >= 15 is 0 Å². The van der Waals surface area contributed by atoms with Gasteiger partial charge in [-0.15, -0.1) is 22.7 Å². The van der Waals surface area contributed by atoms with E-state index in [1.54, 1.807) is 0 Å². The second-order valence-corrected chi connectivity index (χ2v) is 9.82. The van der Waals surface area contributed by atoms with Crippen molar-refractivity contribution in [3.05, 3.63) is 102 Å². The number of hydrogen-bond donors (Lipinski definition) is 0. The number of rotatable bonds is 4. The molecule has 0 amide bonds. The van der Waals surface area contributed by atoms with Gasteiger partial charge in [0.15, 0.2) is 46.5 Å². The Morgan fingerprint density at radius 3 is 1.43 bits per heavy atom. The highest BCUT2D eigenvalue weighted by molar-refractivity contribution is 7.20. The van der Waals surface area contributed by atoms with Crippen LogP contribution in [-0.4, -0.2) is 23.1 Å². The van der Waals surface area contributed by atoms with E-state index in [9.17, 15) is 63.1 Å². The zero-order valence-electron chi connectivity index (χ0n) is 18.4. The molecule has 16 heteroatoms. The third-order valence-electron chi connectivity index (χ3n) is 5.76. The molecule has 2 heterocycles. The van der Waals surface area contributed by atoms with Crippen molar-refractivity contribution in [2.75, 3.05) is 0 Å². The Balaban J connectivity index is 1.90. The third kappa shape index (κ3) is 3.51. The first-order chi connectivity index (χ1) is 18.7. The standard InChI is InChI=1S/C24H2F10O4S2/c25-8-6(9(26)13(30)16(33)12(8)29)19(36)4-5-22-3(1-2-39-22)18(35)21(38)24(5)40-23(4)20(37)7-10(27)14(31)17(34)15(32)11(7)28/h1-2H. The second kappa shape index (κ2) is 9.19. The van der Waals surface area contributed by atoms with Crippen LogP contribution in [0.5, 0.6) is 0 Å². The molecule has 0 atom stereocenters. The van der Waals surface area contributed by atoms with Gasteiger partial charge in [-0.3, -0.25) is 19.2 Å². The van der Waals surface area contributed by atoms with E-state index < -0.39 is 119 Å². The summed E-state index contributed by atoms with van der Waals surface area (Å²) in [5, 5.41) is 1.18. The summed E-state index contributed by atoms with van der Waals surface area (Å²) >= 11 is 0.419. The first kappa shape index (κ1) is 27.4. The fraction of sp³-hybridized carbons (Fsp3) is 0. The molecule has 2 aromatic carbocycles. The van der Waals surface area contributed by atoms with Gasteiger partial charge < -0.3 is 0 Å². The molecule has 1 aliphatic rings.